The predicted molar refractivity (Wildman–Crippen MR) is 115 cm³/mol. The number of rotatable bonds is 7. The lowest BCUT2D eigenvalue weighted by Gasteiger charge is -2.32. The number of likely N-dealkylation sites (tertiary alicyclic amines) is 1. The second-order valence-corrected chi connectivity index (χ2v) is 7.79. The average Bonchev–Trinajstić information content (AvgIpc) is 3.14. The van der Waals surface area contributed by atoms with Gasteiger partial charge in [0.25, 0.3) is 0 Å². The molecular formula is C22H29N5O3. The molecule has 1 aliphatic rings. The Labute approximate surface area is 176 Å². The van der Waals surface area contributed by atoms with Gasteiger partial charge in [-0.1, -0.05) is 6.07 Å². The van der Waals surface area contributed by atoms with Crippen molar-refractivity contribution >= 4 is 11.5 Å². The smallest absolute Gasteiger partial charge is 0.161 e. The van der Waals surface area contributed by atoms with E-state index in [0.717, 1.165) is 55.1 Å². The van der Waals surface area contributed by atoms with E-state index < -0.39 is 0 Å². The van der Waals surface area contributed by atoms with Crippen molar-refractivity contribution in [1.82, 2.24) is 19.5 Å². The molecular weight excluding hydrogens is 382 g/mol. The number of methoxy groups -OCH3 is 1. The summed E-state index contributed by atoms with van der Waals surface area (Å²) in [5.41, 5.74) is 10.1. The summed E-state index contributed by atoms with van der Waals surface area (Å²) in [7, 11) is 1.63. The summed E-state index contributed by atoms with van der Waals surface area (Å²) in [6.45, 7) is 4.98. The quantitative estimate of drug-likeness (QED) is 0.616. The number of aliphatic hydroxyl groups is 1. The van der Waals surface area contributed by atoms with Crippen molar-refractivity contribution in [2.24, 2.45) is 0 Å². The zero-order chi connectivity index (χ0) is 21.1. The van der Waals surface area contributed by atoms with Gasteiger partial charge in [0, 0.05) is 31.1 Å². The van der Waals surface area contributed by atoms with Gasteiger partial charge in [0.05, 0.1) is 25.1 Å². The Morgan fingerprint density at radius 1 is 1.23 bits per heavy atom. The van der Waals surface area contributed by atoms with E-state index in [4.69, 9.17) is 25.3 Å². The molecule has 160 valence electrons. The second-order valence-electron chi connectivity index (χ2n) is 7.79. The minimum Gasteiger partial charge on any atom is -0.493 e. The number of piperidine rings is 1. The average molecular weight is 412 g/mol. The Morgan fingerprint density at radius 3 is 2.90 bits per heavy atom. The molecule has 4 rings (SSSR count). The molecule has 8 nitrogen and oxygen atoms in total. The summed E-state index contributed by atoms with van der Waals surface area (Å²) < 4.78 is 12.7. The molecule has 1 aromatic carbocycles. The maximum absolute atomic E-state index is 8.97. The summed E-state index contributed by atoms with van der Waals surface area (Å²) in [6.07, 6.45) is 2.22. The predicted octanol–water partition coefficient (Wildman–Crippen LogP) is 2.38. The number of ether oxygens (including phenoxy) is 2. The molecule has 1 atom stereocenters. The Hall–Kier alpha value is -2.84. The Kier molecular flexibility index (Phi) is 6.06. The highest BCUT2D eigenvalue weighted by atomic mass is 16.5. The van der Waals surface area contributed by atoms with Crippen molar-refractivity contribution in [3.05, 3.63) is 47.3 Å². The molecule has 0 saturated carbocycles. The van der Waals surface area contributed by atoms with Crippen LogP contribution in [0.1, 0.15) is 35.7 Å². The minimum absolute atomic E-state index is 0.0245. The van der Waals surface area contributed by atoms with Crippen LogP contribution in [-0.2, 0) is 6.54 Å². The van der Waals surface area contributed by atoms with Crippen molar-refractivity contribution in [2.45, 2.75) is 32.2 Å². The first-order valence-corrected chi connectivity index (χ1v) is 10.3. The van der Waals surface area contributed by atoms with Crippen LogP contribution in [0.25, 0.3) is 5.65 Å². The third-order valence-electron chi connectivity index (χ3n) is 5.50. The number of hydrogen-bond donors (Lipinski definition) is 2. The Morgan fingerprint density at radius 2 is 2.10 bits per heavy atom. The van der Waals surface area contributed by atoms with Crippen LogP contribution in [0.5, 0.6) is 11.5 Å². The van der Waals surface area contributed by atoms with Crippen molar-refractivity contribution in [3.63, 3.8) is 0 Å². The highest BCUT2D eigenvalue weighted by Crippen LogP contribution is 2.31. The highest BCUT2D eigenvalue weighted by Gasteiger charge is 2.24. The third kappa shape index (κ3) is 4.34. The first-order valence-electron chi connectivity index (χ1n) is 10.3. The molecule has 2 aromatic heterocycles. The number of fused-ring (bicyclic) bond motifs is 1. The van der Waals surface area contributed by atoms with E-state index in [0.29, 0.717) is 23.2 Å². The molecule has 3 N–H and O–H groups in total. The molecule has 0 spiro atoms. The zero-order valence-corrected chi connectivity index (χ0v) is 17.5. The van der Waals surface area contributed by atoms with Crippen molar-refractivity contribution in [1.29, 1.82) is 0 Å². The van der Waals surface area contributed by atoms with Crippen LogP contribution < -0.4 is 15.2 Å². The van der Waals surface area contributed by atoms with Crippen LogP contribution in [0.15, 0.2) is 30.3 Å². The van der Waals surface area contributed by atoms with E-state index in [1.54, 1.807) is 11.6 Å². The molecule has 0 unspecified atom stereocenters. The Bertz CT molecular complexity index is 1020. The Balaban J connectivity index is 1.48. The molecule has 0 bridgehead atoms. The highest BCUT2D eigenvalue weighted by molar-refractivity contribution is 5.49. The standard InChI is InChI=1S/C22H29N5O3/c1-15-10-22-24-18(12-21(23)27(22)25-15)17-4-3-7-26(14-17)13-16-5-6-19(30-9-8-28)20(11-16)29-2/h5-6,10-12,17,28H,3-4,7-9,13-14,23H2,1-2H3/t17-/m0/s1. The van der Waals surface area contributed by atoms with E-state index in [1.165, 1.54) is 0 Å². The van der Waals surface area contributed by atoms with Crippen LogP contribution >= 0.6 is 0 Å². The van der Waals surface area contributed by atoms with E-state index in [-0.39, 0.29) is 13.2 Å². The van der Waals surface area contributed by atoms with Gasteiger partial charge in [0.15, 0.2) is 17.1 Å². The lowest BCUT2D eigenvalue weighted by atomic mass is 9.94. The van der Waals surface area contributed by atoms with Crippen LogP contribution in [0.2, 0.25) is 0 Å². The van der Waals surface area contributed by atoms with Crippen molar-refractivity contribution in [2.75, 3.05) is 39.1 Å². The number of nitrogens with zero attached hydrogens (tertiary/aromatic N) is 4. The van der Waals surface area contributed by atoms with Gasteiger partial charge < -0.3 is 20.3 Å². The maximum atomic E-state index is 8.97. The zero-order valence-electron chi connectivity index (χ0n) is 17.5. The normalized spacial score (nSPS) is 17.4. The van der Waals surface area contributed by atoms with Crippen LogP contribution in [0.4, 0.5) is 5.82 Å². The number of hydrogen-bond acceptors (Lipinski definition) is 7. The van der Waals surface area contributed by atoms with Gasteiger partial charge in [-0.25, -0.2) is 4.98 Å². The van der Waals surface area contributed by atoms with Crippen molar-refractivity contribution in [3.8, 4) is 11.5 Å². The first-order chi connectivity index (χ1) is 14.6. The molecule has 3 heterocycles. The lowest BCUT2D eigenvalue weighted by molar-refractivity contribution is 0.194. The van der Waals surface area contributed by atoms with E-state index in [2.05, 4.69) is 16.1 Å². The number of aromatic nitrogens is 3. The molecule has 30 heavy (non-hydrogen) atoms. The molecule has 0 amide bonds. The largest absolute Gasteiger partial charge is 0.493 e. The SMILES string of the molecule is COc1cc(CN2CCC[C@H](c3cc(N)n4nc(C)cc4n3)C2)ccc1OCCO. The third-order valence-corrected chi connectivity index (χ3v) is 5.50. The minimum atomic E-state index is -0.0245. The summed E-state index contributed by atoms with van der Waals surface area (Å²) in [4.78, 5) is 7.27. The topological polar surface area (TPSA) is 98.1 Å². The van der Waals surface area contributed by atoms with E-state index in [9.17, 15) is 0 Å². The fourth-order valence-electron chi connectivity index (χ4n) is 4.13. The lowest BCUT2D eigenvalue weighted by Crippen LogP contribution is -2.34. The number of aryl methyl sites for hydroxylation is 1. The fraction of sp³-hybridized carbons (Fsp3) is 0.455. The van der Waals surface area contributed by atoms with Gasteiger partial charge in [-0.3, -0.25) is 4.90 Å². The van der Waals surface area contributed by atoms with Gasteiger partial charge in [-0.15, -0.1) is 0 Å². The van der Waals surface area contributed by atoms with Gasteiger partial charge in [-0.2, -0.15) is 9.61 Å². The van der Waals surface area contributed by atoms with Crippen molar-refractivity contribution < 1.29 is 14.6 Å². The second kappa shape index (κ2) is 8.89. The molecule has 3 aromatic rings. The maximum Gasteiger partial charge on any atom is 0.161 e. The van der Waals surface area contributed by atoms with Gasteiger partial charge in [-0.05, 0) is 44.0 Å². The summed E-state index contributed by atoms with van der Waals surface area (Å²) in [6, 6.07) is 9.89. The van der Waals surface area contributed by atoms with Crippen LogP contribution in [0.3, 0.4) is 0 Å². The molecule has 8 heteroatoms. The number of nitrogen functional groups attached to an aromatic ring is 1. The van der Waals surface area contributed by atoms with Gasteiger partial charge >= 0.3 is 0 Å². The monoisotopic (exact) mass is 411 g/mol. The molecule has 1 saturated heterocycles. The van der Waals surface area contributed by atoms with E-state index in [1.807, 2.05) is 31.2 Å². The summed E-state index contributed by atoms with van der Waals surface area (Å²) in [5, 5.41) is 13.4. The molecule has 0 aliphatic carbocycles. The van der Waals surface area contributed by atoms with E-state index >= 15 is 0 Å². The van der Waals surface area contributed by atoms with Gasteiger partial charge in [0.2, 0.25) is 0 Å². The number of anilines is 1. The van der Waals surface area contributed by atoms with Crippen LogP contribution in [-0.4, -0.2) is 58.0 Å². The summed E-state index contributed by atoms with van der Waals surface area (Å²) >= 11 is 0. The molecule has 0 radical (unpaired) electrons. The number of aliphatic hydroxyl groups excluding tert-OH is 1. The number of nitrogens with two attached hydrogens (primary N) is 1. The molecule has 1 aliphatic heterocycles. The van der Waals surface area contributed by atoms with Gasteiger partial charge in [0.1, 0.15) is 12.4 Å². The van der Waals surface area contributed by atoms with Crippen LogP contribution in [0, 0.1) is 6.92 Å². The first kappa shape index (κ1) is 20.4. The number of benzene rings is 1. The fourth-order valence-corrected chi connectivity index (χ4v) is 4.13. The summed E-state index contributed by atoms with van der Waals surface area (Å²) in [5.74, 6) is 2.31. The molecule has 1 fully saturated rings.